The Morgan fingerprint density at radius 3 is 2.02 bits per heavy atom. The van der Waals surface area contributed by atoms with E-state index in [0.717, 1.165) is 15.6 Å². The van der Waals surface area contributed by atoms with E-state index < -0.39 is 20.0 Å². The lowest BCUT2D eigenvalue weighted by atomic mass is 10.0. The van der Waals surface area contributed by atoms with Gasteiger partial charge in [0, 0.05) is 22.4 Å². The van der Waals surface area contributed by atoms with Crippen LogP contribution in [-0.2, 0) is 4.79 Å². The van der Waals surface area contributed by atoms with E-state index >= 15 is 8.63 Å². The SMILES string of the molecule is C#CCOc1ccc(C2=N/C(=N\c3c(-c4ccccc4)cc(-c4ccc(OCC(=O)O)cc4)n3B(F)F)C(c3ccccc3)=C2)cc1. The number of ether oxygens (including phenoxy) is 2. The predicted octanol–water partition coefficient (Wildman–Crippen LogP) is 7.69. The maximum absolute atomic E-state index is 15.1. The number of allylic oxidation sites excluding steroid dienone is 1. The van der Waals surface area contributed by atoms with Crippen LogP contribution in [0.15, 0.2) is 131 Å². The summed E-state index contributed by atoms with van der Waals surface area (Å²) in [5.74, 6) is 2.55. The van der Waals surface area contributed by atoms with Gasteiger partial charge in [0.1, 0.15) is 23.9 Å². The van der Waals surface area contributed by atoms with Crippen molar-refractivity contribution in [1.29, 1.82) is 0 Å². The number of nitrogens with zero attached hydrogens (tertiary/aromatic N) is 3. The average molecular weight is 625 g/mol. The maximum Gasteiger partial charge on any atom is 0.679 e. The van der Waals surface area contributed by atoms with Crippen LogP contribution in [0, 0.1) is 12.3 Å². The Labute approximate surface area is 270 Å². The highest BCUT2D eigenvalue weighted by Crippen LogP contribution is 2.40. The number of halogens is 2. The largest absolute Gasteiger partial charge is 0.679 e. The number of terminal acetylenes is 1. The van der Waals surface area contributed by atoms with Crippen molar-refractivity contribution >= 4 is 36.3 Å². The number of hydrogen-bond donors (Lipinski definition) is 1. The van der Waals surface area contributed by atoms with Gasteiger partial charge in [0.15, 0.2) is 12.4 Å². The molecule has 0 atom stereocenters. The first-order chi connectivity index (χ1) is 22.9. The number of carboxylic acids is 1. The van der Waals surface area contributed by atoms with Gasteiger partial charge in [0.25, 0.3) is 0 Å². The summed E-state index contributed by atoms with van der Waals surface area (Å²) in [6.45, 7) is -0.372. The number of amidine groups is 1. The number of aromatic nitrogens is 1. The highest BCUT2D eigenvalue weighted by molar-refractivity contribution is 6.43. The third-order valence-electron chi connectivity index (χ3n) is 7.32. The van der Waals surface area contributed by atoms with Crippen LogP contribution in [0.2, 0.25) is 0 Å². The highest BCUT2D eigenvalue weighted by atomic mass is 19.2. The molecular weight excluding hydrogens is 599 g/mol. The molecule has 5 aromatic rings. The standard InChI is InChI=1S/C37H26BF2N3O4/c1-2-21-46-29-17-13-27(14-18-29)33-22-31(25-9-5-3-6-10-25)36(41-33)42-37-32(26-11-7-4-8-12-26)23-34(43(37)38(39)40)28-15-19-30(20-16-28)47-24-35(44)45/h1,3-20,22-23H,21,24H2,(H,44,45)/b42-36-. The van der Waals surface area contributed by atoms with Crippen molar-refractivity contribution in [2.75, 3.05) is 13.2 Å². The molecule has 1 aliphatic rings. The summed E-state index contributed by atoms with van der Waals surface area (Å²) in [5, 5.41) is 8.93. The van der Waals surface area contributed by atoms with Crippen molar-refractivity contribution in [3.05, 3.63) is 132 Å². The van der Waals surface area contributed by atoms with Crippen LogP contribution in [0.3, 0.4) is 0 Å². The molecule has 10 heteroatoms. The second-order valence-electron chi connectivity index (χ2n) is 10.4. The van der Waals surface area contributed by atoms with E-state index in [0.29, 0.717) is 39.5 Å². The quantitative estimate of drug-likeness (QED) is 0.121. The normalized spacial score (nSPS) is 13.1. The zero-order chi connectivity index (χ0) is 32.8. The van der Waals surface area contributed by atoms with Crippen LogP contribution >= 0.6 is 0 Å². The van der Waals surface area contributed by atoms with Crippen molar-refractivity contribution in [3.63, 3.8) is 0 Å². The molecule has 0 spiro atoms. The molecule has 0 aliphatic carbocycles. The van der Waals surface area contributed by atoms with E-state index in [1.807, 2.05) is 78.9 Å². The van der Waals surface area contributed by atoms with Crippen LogP contribution in [0.4, 0.5) is 14.4 Å². The number of carbonyl (C=O) groups is 1. The first-order valence-electron chi connectivity index (χ1n) is 14.6. The zero-order valence-electron chi connectivity index (χ0n) is 24.9. The first-order valence-corrected chi connectivity index (χ1v) is 14.6. The Balaban J connectivity index is 1.50. The van der Waals surface area contributed by atoms with Crippen molar-refractivity contribution in [2.24, 2.45) is 9.98 Å². The molecule has 0 radical (unpaired) electrons. The topological polar surface area (TPSA) is 85.4 Å². The molecule has 230 valence electrons. The van der Waals surface area contributed by atoms with Gasteiger partial charge in [-0.05, 0) is 77.4 Å². The zero-order valence-corrected chi connectivity index (χ0v) is 24.9. The van der Waals surface area contributed by atoms with Crippen molar-refractivity contribution < 1.29 is 28.0 Å². The molecule has 0 saturated heterocycles. The fraction of sp³-hybridized carbons (Fsp3) is 0.0541. The molecule has 1 aromatic heterocycles. The van der Waals surface area contributed by atoms with Crippen LogP contribution in [0.5, 0.6) is 11.5 Å². The molecule has 1 aliphatic heterocycles. The Morgan fingerprint density at radius 2 is 1.43 bits per heavy atom. The fourth-order valence-corrected chi connectivity index (χ4v) is 5.16. The van der Waals surface area contributed by atoms with Gasteiger partial charge in [-0.15, -0.1) is 6.42 Å². The summed E-state index contributed by atoms with van der Waals surface area (Å²) < 4.78 is 41.8. The van der Waals surface area contributed by atoms with Crippen molar-refractivity contribution in [3.8, 4) is 46.2 Å². The lowest BCUT2D eigenvalue weighted by Gasteiger charge is -2.11. The summed E-state index contributed by atoms with van der Waals surface area (Å²) in [7, 11) is -2.95. The summed E-state index contributed by atoms with van der Waals surface area (Å²) in [4.78, 5) is 20.6. The van der Waals surface area contributed by atoms with Gasteiger partial charge in [0.2, 0.25) is 0 Å². The van der Waals surface area contributed by atoms with E-state index in [1.165, 1.54) is 0 Å². The average Bonchev–Trinajstić information content (AvgIpc) is 3.70. The number of aliphatic imine (C=N–C) groups is 2. The summed E-state index contributed by atoms with van der Waals surface area (Å²) in [5.41, 5.74) is 4.78. The fourth-order valence-electron chi connectivity index (χ4n) is 5.16. The molecule has 47 heavy (non-hydrogen) atoms. The maximum atomic E-state index is 15.1. The van der Waals surface area contributed by atoms with Crippen molar-refractivity contribution in [1.82, 2.24) is 4.48 Å². The highest BCUT2D eigenvalue weighted by Gasteiger charge is 2.30. The van der Waals surface area contributed by atoms with E-state index in [9.17, 15) is 4.79 Å². The molecule has 0 unspecified atom stereocenters. The van der Waals surface area contributed by atoms with Gasteiger partial charge in [-0.3, -0.25) is 8.63 Å². The van der Waals surface area contributed by atoms with Gasteiger partial charge < -0.3 is 19.1 Å². The monoisotopic (exact) mass is 625 g/mol. The lowest BCUT2D eigenvalue weighted by molar-refractivity contribution is -0.139. The van der Waals surface area contributed by atoms with Gasteiger partial charge in [-0.25, -0.2) is 14.8 Å². The van der Waals surface area contributed by atoms with E-state index in [4.69, 9.17) is 31.0 Å². The minimum Gasteiger partial charge on any atom is -0.482 e. The Kier molecular flexibility index (Phi) is 9.07. The second kappa shape index (κ2) is 13.8. The van der Waals surface area contributed by atoms with Crippen LogP contribution in [0.1, 0.15) is 11.1 Å². The molecule has 0 fully saturated rings. The molecular formula is C37H26BF2N3O4. The Morgan fingerprint density at radius 1 is 0.830 bits per heavy atom. The molecule has 6 rings (SSSR count). The molecule has 4 aromatic carbocycles. The molecule has 0 saturated carbocycles. The van der Waals surface area contributed by atoms with Crippen LogP contribution in [-0.4, -0.2) is 47.7 Å². The molecule has 7 nitrogen and oxygen atoms in total. The van der Waals surface area contributed by atoms with Gasteiger partial charge in [-0.1, -0.05) is 66.6 Å². The third-order valence-corrected chi connectivity index (χ3v) is 7.32. The second-order valence-corrected chi connectivity index (χ2v) is 10.4. The minimum absolute atomic E-state index is 0.0345. The number of carboxylic acid groups (broad SMARTS) is 1. The number of benzene rings is 4. The minimum atomic E-state index is -2.95. The Hall–Kier alpha value is -6.21. The van der Waals surface area contributed by atoms with E-state index in [2.05, 4.69) is 5.92 Å². The van der Waals surface area contributed by atoms with Gasteiger partial charge in [-0.2, -0.15) is 0 Å². The number of hydrogen-bond acceptors (Lipinski definition) is 4. The third kappa shape index (κ3) is 6.90. The van der Waals surface area contributed by atoms with Crippen molar-refractivity contribution in [2.45, 2.75) is 0 Å². The van der Waals surface area contributed by atoms with E-state index in [-0.39, 0.29) is 24.0 Å². The Bertz CT molecular complexity index is 2030. The summed E-state index contributed by atoms with van der Waals surface area (Å²) in [6.07, 6.45) is 7.19. The summed E-state index contributed by atoms with van der Waals surface area (Å²) >= 11 is 0. The lowest BCUT2D eigenvalue weighted by Crippen LogP contribution is -2.14. The predicted molar refractivity (Wildman–Crippen MR) is 181 cm³/mol. The molecule has 0 amide bonds. The van der Waals surface area contributed by atoms with Crippen LogP contribution < -0.4 is 9.47 Å². The number of rotatable bonds is 11. The summed E-state index contributed by atoms with van der Waals surface area (Å²) in [6, 6.07) is 34.0. The molecule has 2 heterocycles. The molecule has 0 bridgehead atoms. The first kappa shape index (κ1) is 30.8. The van der Waals surface area contributed by atoms with Crippen LogP contribution in [0.25, 0.3) is 28.0 Å². The molecule has 1 N–H and O–H groups in total. The van der Waals surface area contributed by atoms with Gasteiger partial charge in [0.05, 0.1) is 5.71 Å². The smallest absolute Gasteiger partial charge is 0.482 e. The van der Waals surface area contributed by atoms with Gasteiger partial charge >= 0.3 is 13.4 Å². The number of aliphatic carboxylic acids is 1. The van der Waals surface area contributed by atoms with E-state index in [1.54, 1.807) is 42.5 Å².